The van der Waals surface area contributed by atoms with E-state index in [-0.39, 0.29) is 27.2 Å². The number of carbonyl (C=O) groups is 1. The van der Waals surface area contributed by atoms with Gasteiger partial charge in [-0.15, -0.1) is 0 Å². The first kappa shape index (κ1) is 23.6. The predicted octanol–water partition coefficient (Wildman–Crippen LogP) is 4.56. The van der Waals surface area contributed by atoms with E-state index in [0.29, 0.717) is 24.4 Å². The Bertz CT molecular complexity index is 1030. The first-order valence-electron chi connectivity index (χ1n) is 9.65. The molecule has 3 rings (SSSR count). The number of rotatable bonds is 6. The minimum Gasteiger partial charge on any atom is -0.467 e. The normalized spacial score (nSPS) is 18.2. The molecule has 1 fully saturated rings. The Morgan fingerprint density at radius 1 is 1.32 bits per heavy atom. The van der Waals surface area contributed by atoms with Crippen LogP contribution in [-0.2, 0) is 16.6 Å². The van der Waals surface area contributed by atoms with Crippen molar-refractivity contribution in [1.82, 2.24) is 9.21 Å². The van der Waals surface area contributed by atoms with Crippen LogP contribution in [0.5, 0.6) is 0 Å². The lowest BCUT2D eigenvalue weighted by atomic mass is 10.0. The molecule has 0 saturated carbocycles. The summed E-state index contributed by atoms with van der Waals surface area (Å²) in [6.45, 7) is 0.642. The summed E-state index contributed by atoms with van der Waals surface area (Å²) in [6, 6.07) is 6.43. The van der Waals surface area contributed by atoms with E-state index >= 15 is 0 Å². The van der Waals surface area contributed by atoms with Gasteiger partial charge < -0.3 is 9.32 Å². The van der Waals surface area contributed by atoms with Crippen molar-refractivity contribution in [2.45, 2.75) is 37.4 Å². The van der Waals surface area contributed by atoms with Gasteiger partial charge in [0.25, 0.3) is 5.91 Å². The number of benzene rings is 1. The lowest BCUT2D eigenvalue weighted by molar-refractivity contribution is -0.142. The highest BCUT2D eigenvalue weighted by Gasteiger charge is 2.35. The number of amides is 1. The smallest absolute Gasteiger partial charge is 0.406 e. The summed E-state index contributed by atoms with van der Waals surface area (Å²) >= 11 is 6.12. The molecular weight excluding hydrogens is 457 g/mol. The highest BCUT2D eigenvalue weighted by Crippen LogP contribution is 2.30. The first-order chi connectivity index (χ1) is 14.5. The molecule has 1 aliphatic rings. The average molecular weight is 479 g/mol. The molecule has 1 atom stereocenters. The zero-order valence-corrected chi connectivity index (χ0v) is 18.3. The highest BCUT2D eigenvalue weighted by atomic mass is 35.5. The van der Waals surface area contributed by atoms with Crippen LogP contribution in [0.25, 0.3) is 0 Å². The van der Waals surface area contributed by atoms with Gasteiger partial charge in [-0.1, -0.05) is 18.5 Å². The predicted molar refractivity (Wildman–Crippen MR) is 108 cm³/mol. The van der Waals surface area contributed by atoms with Crippen LogP contribution >= 0.6 is 11.6 Å². The number of hydrogen-bond donors (Lipinski definition) is 0. The second-order valence-corrected chi connectivity index (χ2v) is 9.92. The Kier molecular flexibility index (Phi) is 7.02. The molecule has 2 heterocycles. The minimum absolute atomic E-state index is 0.0943. The SMILES string of the molecule is CC1CCCN(S(=O)(=O)c2cc(C(=O)N(Cc3ccco3)CC(F)(F)F)ccc2Cl)C1. The van der Waals surface area contributed by atoms with E-state index in [2.05, 4.69) is 0 Å². The maximum Gasteiger partial charge on any atom is 0.406 e. The zero-order chi connectivity index (χ0) is 22.8. The Labute approximate surface area is 183 Å². The standard InChI is InChI=1S/C20H22ClF3N2O4S/c1-14-4-2-8-26(11-14)31(28,29)18-10-15(6-7-17(18)21)19(27)25(13-20(22,23)24)12-16-5-3-9-30-16/h3,5-7,9-10,14H,2,4,8,11-13H2,1H3. The van der Waals surface area contributed by atoms with Crippen molar-refractivity contribution in [3.63, 3.8) is 0 Å². The van der Waals surface area contributed by atoms with Gasteiger partial charge >= 0.3 is 6.18 Å². The molecular formula is C20H22ClF3N2O4S. The largest absolute Gasteiger partial charge is 0.467 e. The third-order valence-electron chi connectivity index (χ3n) is 5.00. The summed E-state index contributed by atoms with van der Waals surface area (Å²) < 4.78 is 71.8. The maximum atomic E-state index is 13.1. The molecule has 0 bridgehead atoms. The second-order valence-electron chi connectivity index (χ2n) is 7.61. The minimum atomic E-state index is -4.65. The van der Waals surface area contributed by atoms with Gasteiger partial charge in [-0.3, -0.25) is 4.79 Å². The summed E-state index contributed by atoms with van der Waals surface area (Å²) in [7, 11) is -4.00. The number of furan rings is 1. The molecule has 0 radical (unpaired) electrons. The molecule has 0 aliphatic carbocycles. The molecule has 170 valence electrons. The fourth-order valence-electron chi connectivity index (χ4n) is 3.53. The lowest BCUT2D eigenvalue weighted by Gasteiger charge is -2.30. The van der Waals surface area contributed by atoms with Gasteiger partial charge in [-0.05, 0) is 49.1 Å². The van der Waals surface area contributed by atoms with Crippen LogP contribution in [-0.4, -0.2) is 49.3 Å². The Morgan fingerprint density at radius 3 is 2.68 bits per heavy atom. The molecule has 2 aromatic rings. The zero-order valence-electron chi connectivity index (χ0n) is 16.7. The molecule has 1 aromatic heterocycles. The lowest BCUT2D eigenvalue weighted by Crippen LogP contribution is -2.40. The van der Waals surface area contributed by atoms with Crippen LogP contribution < -0.4 is 0 Å². The quantitative estimate of drug-likeness (QED) is 0.610. The molecule has 6 nitrogen and oxygen atoms in total. The van der Waals surface area contributed by atoms with Gasteiger partial charge in [0.15, 0.2) is 0 Å². The number of piperidine rings is 1. The number of sulfonamides is 1. The van der Waals surface area contributed by atoms with Crippen LogP contribution in [0.15, 0.2) is 45.9 Å². The Hall–Kier alpha value is -2.04. The average Bonchev–Trinajstić information content (AvgIpc) is 3.19. The van der Waals surface area contributed by atoms with Crippen LogP contribution in [0.4, 0.5) is 13.2 Å². The summed E-state index contributed by atoms with van der Waals surface area (Å²) in [5.41, 5.74) is -0.205. The van der Waals surface area contributed by atoms with Crippen molar-refractivity contribution in [2.24, 2.45) is 5.92 Å². The summed E-state index contributed by atoms with van der Waals surface area (Å²) in [5.74, 6) is -0.641. The number of hydrogen-bond acceptors (Lipinski definition) is 4. The molecule has 11 heteroatoms. The molecule has 0 N–H and O–H groups in total. The number of alkyl halides is 3. The van der Waals surface area contributed by atoms with E-state index in [4.69, 9.17) is 16.0 Å². The first-order valence-corrected chi connectivity index (χ1v) is 11.5. The monoisotopic (exact) mass is 478 g/mol. The van der Waals surface area contributed by atoms with Crippen molar-refractivity contribution >= 4 is 27.5 Å². The molecule has 1 saturated heterocycles. The number of nitrogens with zero attached hydrogens (tertiary/aromatic N) is 2. The van der Waals surface area contributed by atoms with Crippen molar-refractivity contribution in [2.75, 3.05) is 19.6 Å². The van der Waals surface area contributed by atoms with Crippen LogP contribution in [0.2, 0.25) is 5.02 Å². The van der Waals surface area contributed by atoms with E-state index in [1.807, 2.05) is 6.92 Å². The van der Waals surface area contributed by atoms with Crippen molar-refractivity contribution in [3.8, 4) is 0 Å². The van der Waals surface area contributed by atoms with E-state index in [9.17, 15) is 26.4 Å². The fourth-order valence-corrected chi connectivity index (χ4v) is 5.63. The summed E-state index contributed by atoms with van der Waals surface area (Å²) in [4.78, 5) is 13.2. The molecule has 1 aromatic carbocycles. The van der Waals surface area contributed by atoms with Gasteiger partial charge in [0.2, 0.25) is 10.0 Å². The maximum absolute atomic E-state index is 13.1. The molecule has 1 unspecified atom stereocenters. The van der Waals surface area contributed by atoms with Gasteiger partial charge in [-0.2, -0.15) is 17.5 Å². The number of halogens is 4. The van der Waals surface area contributed by atoms with Crippen LogP contribution in [0.1, 0.15) is 35.9 Å². The van der Waals surface area contributed by atoms with Crippen LogP contribution in [0, 0.1) is 5.92 Å². The third kappa shape index (κ3) is 5.81. The molecule has 1 aliphatic heterocycles. The van der Waals surface area contributed by atoms with Crippen molar-refractivity contribution < 1.29 is 30.8 Å². The highest BCUT2D eigenvalue weighted by molar-refractivity contribution is 7.89. The van der Waals surface area contributed by atoms with Crippen molar-refractivity contribution in [3.05, 3.63) is 52.9 Å². The van der Waals surface area contributed by atoms with E-state index in [0.717, 1.165) is 12.5 Å². The van der Waals surface area contributed by atoms with E-state index in [1.165, 1.54) is 34.8 Å². The Balaban J connectivity index is 1.93. The molecule has 31 heavy (non-hydrogen) atoms. The van der Waals surface area contributed by atoms with E-state index in [1.54, 1.807) is 0 Å². The summed E-state index contributed by atoms with van der Waals surface area (Å²) in [5, 5.41) is -0.0943. The van der Waals surface area contributed by atoms with Gasteiger partial charge in [0.1, 0.15) is 17.2 Å². The van der Waals surface area contributed by atoms with Gasteiger partial charge in [0.05, 0.1) is 17.8 Å². The topological polar surface area (TPSA) is 70.8 Å². The second kappa shape index (κ2) is 9.22. The third-order valence-corrected chi connectivity index (χ3v) is 7.35. The van der Waals surface area contributed by atoms with Gasteiger partial charge in [-0.25, -0.2) is 8.42 Å². The fraction of sp³-hybridized carbons (Fsp3) is 0.450. The van der Waals surface area contributed by atoms with E-state index < -0.39 is 35.2 Å². The van der Waals surface area contributed by atoms with Crippen molar-refractivity contribution in [1.29, 1.82) is 0 Å². The summed E-state index contributed by atoms with van der Waals surface area (Å²) in [6.07, 6.45) is -1.76. The molecule has 1 amide bonds. The van der Waals surface area contributed by atoms with Gasteiger partial charge in [0, 0.05) is 18.7 Å². The number of carbonyl (C=O) groups excluding carboxylic acids is 1. The Morgan fingerprint density at radius 2 is 2.06 bits per heavy atom. The van der Waals surface area contributed by atoms with Crippen LogP contribution in [0.3, 0.4) is 0 Å². The molecule has 0 spiro atoms.